The molecule has 0 aliphatic heterocycles. The third-order valence-corrected chi connectivity index (χ3v) is 0.857. The fraction of sp³-hybridized carbons (Fsp3) is 0.333. The van der Waals surface area contributed by atoms with Gasteiger partial charge in [-0.15, -0.1) is 19.1 Å². The van der Waals surface area contributed by atoms with E-state index in [1.54, 1.807) is 0 Å². The van der Waals surface area contributed by atoms with E-state index in [0.29, 0.717) is 0 Å². The van der Waals surface area contributed by atoms with E-state index in [0.717, 1.165) is 11.3 Å². The lowest BCUT2D eigenvalue weighted by molar-refractivity contribution is 1.22. The molecule has 0 unspecified atom stereocenters. The number of rotatable bonds is 1. The average Bonchev–Trinajstić information content (AvgIpc) is 1.68. The number of hydrogen-bond acceptors (Lipinski definition) is 1. The first-order chi connectivity index (χ1) is 3.31. The molecule has 0 aromatic heterocycles. The van der Waals surface area contributed by atoms with Gasteiger partial charge in [0.2, 0.25) is 0 Å². The van der Waals surface area contributed by atoms with Crippen LogP contribution in [0, 0.1) is 12.3 Å². The molecule has 38 valence electrons. The highest BCUT2D eigenvalue weighted by molar-refractivity contribution is 7.84. The van der Waals surface area contributed by atoms with Gasteiger partial charge in [0.05, 0.1) is 0 Å². The summed E-state index contributed by atoms with van der Waals surface area (Å²) in [4.78, 5) is 0.725. The molecule has 0 heterocycles. The summed E-state index contributed by atoms with van der Waals surface area (Å²) in [6.45, 7) is 2.02. The zero-order chi connectivity index (χ0) is 5.70. The molecule has 0 saturated carbocycles. The molecule has 0 amide bonds. The lowest BCUT2D eigenvalue weighted by Gasteiger charge is -1.79. The van der Waals surface area contributed by atoms with Crippen molar-refractivity contribution in [3.63, 3.8) is 0 Å². The lowest BCUT2D eigenvalue weighted by Crippen LogP contribution is -1.59. The van der Waals surface area contributed by atoms with Crippen LogP contribution in [-0.2, 0) is 0 Å². The van der Waals surface area contributed by atoms with Crippen molar-refractivity contribution in [3.8, 4) is 12.3 Å². The van der Waals surface area contributed by atoms with E-state index in [1.165, 1.54) is 0 Å². The van der Waals surface area contributed by atoms with E-state index in [-0.39, 0.29) is 0 Å². The van der Waals surface area contributed by atoms with Crippen LogP contribution in [0.2, 0.25) is 0 Å². The van der Waals surface area contributed by atoms with Gasteiger partial charge in [0, 0.05) is 4.91 Å². The lowest BCUT2D eigenvalue weighted by atomic mass is 10.4. The maximum absolute atomic E-state index is 4.96. The standard InChI is InChI=1S/C6H8S/c1-3-5-6(7)4-2/h2,5,7H,3H2,1H3. The van der Waals surface area contributed by atoms with Gasteiger partial charge in [-0.3, -0.25) is 0 Å². The highest BCUT2D eigenvalue weighted by Gasteiger charge is 1.73. The van der Waals surface area contributed by atoms with Gasteiger partial charge in [-0.25, -0.2) is 0 Å². The summed E-state index contributed by atoms with van der Waals surface area (Å²) < 4.78 is 0. The first-order valence-electron chi connectivity index (χ1n) is 2.17. The van der Waals surface area contributed by atoms with Crippen LogP contribution in [0.3, 0.4) is 0 Å². The Balaban J connectivity index is 3.57. The van der Waals surface area contributed by atoms with Crippen molar-refractivity contribution < 1.29 is 0 Å². The molecule has 0 atom stereocenters. The van der Waals surface area contributed by atoms with Crippen LogP contribution in [0.1, 0.15) is 13.3 Å². The summed E-state index contributed by atoms with van der Waals surface area (Å²) in [6.07, 6.45) is 7.82. The van der Waals surface area contributed by atoms with Crippen LogP contribution in [0.4, 0.5) is 0 Å². The summed E-state index contributed by atoms with van der Waals surface area (Å²) in [5.41, 5.74) is 0. The number of terminal acetylenes is 1. The molecule has 0 saturated heterocycles. The molecular formula is C6H8S. The molecule has 0 aromatic carbocycles. The van der Waals surface area contributed by atoms with Crippen molar-refractivity contribution in [2.75, 3.05) is 0 Å². The second-order valence-electron chi connectivity index (χ2n) is 1.14. The predicted octanol–water partition coefficient (Wildman–Crippen LogP) is 1.84. The second-order valence-corrected chi connectivity index (χ2v) is 1.62. The quantitative estimate of drug-likeness (QED) is 0.388. The van der Waals surface area contributed by atoms with E-state index >= 15 is 0 Å². The van der Waals surface area contributed by atoms with Gasteiger partial charge in [-0.1, -0.05) is 18.9 Å². The van der Waals surface area contributed by atoms with Gasteiger partial charge in [0.15, 0.2) is 0 Å². The minimum Gasteiger partial charge on any atom is -0.135 e. The zero-order valence-electron chi connectivity index (χ0n) is 4.31. The first-order valence-corrected chi connectivity index (χ1v) is 2.61. The molecule has 0 N–H and O–H groups in total. The maximum atomic E-state index is 4.96. The van der Waals surface area contributed by atoms with Crippen LogP contribution in [-0.4, -0.2) is 0 Å². The molecule has 7 heavy (non-hydrogen) atoms. The third-order valence-electron chi connectivity index (χ3n) is 0.545. The summed E-state index contributed by atoms with van der Waals surface area (Å²) in [6, 6.07) is 0. The van der Waals surface area contributed by atoms with Crippen LogP contribution in [0.5, 0.6) is 0 Å². The molecule has 0 fully saturated rings. The molecule has 0 bridgehead atoms. The summed E-state index contributed by atoms with van der Waals surface area (Å²) in [5.74, 6) is 2.39. The van der Waals surface area contributed by atoms with Crippen molar-refractivity contribution in [1.82, 2.24) is 0 Å². The van der Waals surface area contributed by atoms with Gasteiger partial charge >= 0.3 is 0 Å². The van der Waals surface area contributed by atoms with Gasteiger partial charge in [0.1, 0.15) is 0 Å². The fourth-order valence-electron chi connectivity index (χ4n) is 0.252. The Labute approximate surface area is 50.0 Å². The van der Waals surface area contributed by atoms with Crippen LogP contribution < -0.4 is 0 Å². The van der Waals surface area contributed by atoms with Gasteiger partial charge < -0.3 is 0 Å². The van der Waals surface area contributed by atoms with E-state index < -0.39 is 0 Å². The average molecular weight is 112 g/mol. The van der Waals surface area contributed by atoms with Gasteiger partial charge in [-0.05, 0) is 6.42 Å². The van der Waals surface area contributed by atoms with Crippen molar-refractivity contribution in [2.45, 2.75) is 13.3 Å². The minimum absolute atomic E-state index is 0.725. The predicted molar refractivity (Wildman–Crippen MR) is 36.2 cm³/mol. The van der Waals surface area contributed by atoms with Crippen molar-refractivity contribution in [3.05, 3.63) is 11.0 Å². The fourth-order valence-corrected chi connectivity index (χ4v) is 0.435. The molecular weight excluding hydrogens is 104 g/mol. The maximum Gasteiger partial charge on any atom is 0.0500 e. The molecule has 0 aromatic rings. The Morgan fingerprint density at radius 2 is 2.57 bits per heavy atom. The Morgan fingerprint density at radius 3 is 2.71 bits per heavy atom. The molecule has 0 radical (unpaired) electrons. The van der Waals surface area contributed by atoms with Crippen LogP contribution >= 0.6 is 12.6 Å². The highest BCUT2D eigenvalue weighted by Crippen LogP contribution is 1.97. The van der Waals surface area contributed by atoms with Gasteiger partial charge in [-0.2, -0.15) is 0 Å². The molecule has 0 nitrogen and oxygen atoms in total. The molecule has 0 aliphatic carbocycles. The first kappa shape index (κ1) is 6.65. The van der Waals surface area contributed by atoms with Crippen molar-refractivity contribution in [2.24, 2.45) is 0 Å². The second kappa shape index (κ2) is 3.83. The van der Waals surface area contributed by atoms with Crippen molar-refractivity contribution >= 4 is 12.6 Å². The number of thiol groups is 1. The largest absolute Gasteiger partial charge is 0.135 e. The van der Waals surface area contributed by atoms with Crippen molar-refractivity contribution in [1.29, 1.82) is 0 Å². The minimum atomic E-state index is 0.725. The Kier molecular flexibility index (Phi) is 3.64. The summed E-state index contributed by atoms with van der Waals surface area (Å²) in [5, 5.41) is 0. The third kappa shape index (κ3) is 3.48. The van der Waals surface area contributed by atoms with E-state index in [9.17, 15) is 0 Å². The molecule has 0 spiro atoms. The van der Waals surface area contributed by atoms with E-state index in [1.807, 2.05) is 13.0 Å². The summed E-state index contributed by atoms with van der Waals surface area (Å²) >= 11 is 3.94. The number of allylic oxidation sites excluding steroid dienone is 2. The molecule has 1 heteroatoms. The van der Waals surface area contributed by atoms with Gasteiger partial charge in [0.25, 0.3) is 0 Å². The monoisotopic (exact) mass is 112 g/mol. The Hall–Kier alpha value is -0.350. The Morgan fingerprint density at radius 1 is 2.00 bits per heavy atom. The summed E-state index contributed by atoms with van der Waals surface area (Å²) in [7, 11) is 0. The molecule has 0 aliphatic rings. The SMILES string of the molecule is C#CC(S)=CCC. The normalized spacial score (nSPS) is 10.7. The van der Waals surface area contributed by atoms with Crippen LogP contribution in [0.25, 0.3) is 0 Å². The Bertz CT molecular complexity index is 106. The smallest absolute Gasteiger partial charge is 0.0500 e. The molecule has 0 rings (SSSR count). The number of hydrogen-bond donors (Lipinski definition) is 1. The van der Waals surface area contributed by atoms with Crippen LogP contribution in [0.15, 0.2) is 11.0 Å². The highest BCUT2D eigenvalue weighted by atomic mass is 32.1. The van der Waals surface area contributed by atoms with E-state index in [2.05, 4.69) is 18.5 Å². The zero-order valence-corrected chi connectivity index (χ0v) is 5.20. The topological polar surface area (TPSA) is 0 Å². The van der Waals surface area contributed by atoms with E-state index in [4.69, 9.17) is 6.42 Å².